The normalized spacial score (nSPS) is 20.9. The molecule has 0 aromatic heterocycles. The lowest BCUT2D eigenvalue weighted by atomic mass is 10.3. The molecule has 2 rings (SSSR count). The van der Waals surface area contributed by atoms with Gasteiger partial charge in [-0.1, -0.05) is 0 Å². The van der Waals surface area contributed by atoms with Crippen molar-refractivity contribution in [3.05, 3.63) is 0 Å². The van der Waals surface area contributed by atoms with Crippen molar-refractivity contribution >= 4 is 11.9 Å². The fourth-order valence-electron chi connectivity index (χ4n) is 2.59. The summed E-state index contributed by atoms with van der Waals surface area (Å²) in [7, 11) is 3.51. The molecular formula is C13H25N5O2. The van der Waals surface area contributed by atoms with Gasteiger partial charge in [0.1, 0.15) is 0 Å². The van der Waals surface area contributed by atoms with Crippen LogP contribution >= 0.6 is 0 Å². The fraction of sp³-hybridized carbons (Fsp3) is 0.846. The van der Waals surface area contributed by atoms with Crippen LogP contribution in [0.2, 0.25) is 0 Å². The number of carbonyl (C=O) groups excluding carboxylic acids is 2. The first-order valence-electron chi connectivity index (χ1n) is 7.25. The molecule has 0 aromatic rings. The van der Waals surface area contributed by atoms with Crippen LogP contribution in [0.5, 0.6) is 0 Å². The molecule has 0 spiro atoms. The van der Waals surface area contributed by atoms with E-state index < -0.39 is 0 Å². The van der Waals surface area contributed by atoms with Gasteiger partial charge in [0.15, 0.2) is 0 Å². The van der Waals surface area contributed by atoms with Crippen molar-refractivity contribution in [3.8, 4) is 0 Å². The van der Waals surface area contributed by atoms with Gasteiger partial charge in [-0.15, -0.1) is 0 Å². The van der Waals surface area contributed by atoms with E-state index in [-0.39, 0.29) is 11.9 Å². The molecule has 0 bridgehead atoms. The summed E-state index contributed by atoms with van der Waals surface area (Å²) >= 11 is 0. The Hall–Kier alpha value is -1.34. The second-order valence-corrected chi connectivity index (χ2v) is 5.57. The van der Waals surface area contributed by atoms with Crippen LogP contribution in [0.1, 0.15) is 0 Å². The van der Waals surface area contributed by atoms with Gasteiger partial charge in [0.05, 0.1) is 6.54 Å². The monoisotopic (exact) mass is 283 g/mol. The van der Waals surface area contributed by atoms with Crippen molar-refractivity contribution in [1.29, 1.82) is 0 Å². The molecule has 0 saturated carbocycles. The summed E-state index contributed by atoms with van der Waals surface area (Å²) < 4.78 is 0. The van der Waals surface area contributed by atoms with Gasteiger partial charge in [-0.05, 0) is 0 Å². The minimum atomic E-state index is 0.0270. The lowest BCUT2D eigenvalue weighted by molar-refractivity contribution is -0.134. The minimum absolute atomic E-state index is 0.0270. The maximum Gasteiger partial charge on any atom is 0.319 e. The summed E-state index contributed by atoms with van der Waals surface area (Å²) in [5, 5.41) is 3.28. The molecule has 2 aliphatic heterocycles. The maximum absolute atomic E-state index is 12.2. The molecular weight excluding hydrogens is 258 g/mol. The summed E-state index contributed by atoms with van der Waals surface area (Å²) in [6.45, 7) is 6.83. The molecule has 2 saturated heterocycles. The summed E-state index contributed by atoms with van der Waals surface area (Å²) in [5.74, 6) is 0.184. The van der Waals surface area contributed by atoms with E-state index in [1.54, 1.807) is 23.9 Å². The largest absolute Gasteiger partial charge is 0.338 e. The first-order valence-corrected chi connectivity index (χ1v) is 7.25. The Morgan fingerprint density at radius 3 is 2.05 bits per heavy atom. The van der Waals surface area contributed by atoms with E-state index in [1.165, 1.54) is 0 Å². The van der Waals surface area contributed by atoms with Gasteiger partial charge in [-0.25, -0.2) is 4.79 Å². The molecule has 2 heterocycles. The van der Waals surface area contributed by atoms with Gasteiger partial charge in [-0.3, -0.25) is 9.69 Å². The highest BCUT2D eigenvalue weighted by molar-refractivity contribution is 5.79. The molecule has 7 nitrogen and oxygen atoms in total. The number of carbonyl (C=O) groups is 2. The van der Waals surface area contributed by atoms with Gasteiger partial charge in [0, 0.05) is 66.5 Å². The van der Waals surface area contributed by atoms with E-state index in [9.17, 15) is 9.59 Å². The number of nitrogens with zero attached hydrogens (tertiary/aromatic N) is 4. The highest BCUT2D eigenvalue weighted by atomic mass is 16.2. The second-order valence-electron chi connectivity index (χ2n) is 5.57. The van der Waals surface area contributed by atoms with Crippen LogP contribution in [0.15, 0.2) is 0 Å². The van der Waals surface area contributed by atoms with Crippen LogP contribution in [-0.4, -0.2) is 105 Å². The number of piperazine rings is 2. The molecule has 1 N–H and O–H groups in total. The minimum Gasteiger partial charge on any atom is -0.338 e. The molecule has 0 atom stereocenters. The number of hydrogen-bond donors (Lipinski definition) is 1. The molecule has 7 heteroatoms. The number of nitrogens with one attached hydrogen (secondary N) is 1. The fourth-order valence-corrected chi connectivity index (χ4v) is 2.59. The molecule has 114 valence electrons. The smallest absolute Gasteiger partial charge is 0.319 e. The van der Waals surface area contributed by atoms with E-state index in [2.05, 4.69) is 10.2 Å². The SMILES string of the molecule is CN(C)C(=O)N1CCN(C(=O)CN2CCNCC2)CC1. The van der Waals surface area contributed by atoms with E-state index in [4.69, 9.17) is 0 Å². The third-order valence-electron chi connectivity index (χ3n) is 3.85. The quantitative estimate of drug-likeness (QED) is 0.686. The molecule has 2 aliphatic rings. The van der Waals surface area contributed by atoms with Crippen LogP contribution in [0.25, 0.3) is 0 Å². The molecule has 20 heavy (non-hydrogen) atoms. The third-order valence-corrected chi connectivity index (χ3v) is 3.85. The summed E-state index contributed by atoms with van der Waals surface area (Å²) in [5.41, 5.74) is 0. The Bertz CT molecular complexity index is 347. The Kier molecular flexibility index (Phi) is 5.19. The number of hydrogen-bond acceptors (Lipinski definition) is 4. The van der Waals surface area contributed by atoms with Crippen molar-refractivity contribution in [1.82, 2.24) is 24.9 Å². The lowest BCUT2D eigenvalue weighted by Crippen LogP contribution is -2.55. The predicted molar refractivity (Wildman–Crippen MR) is 76.5 cm³/mol. The van der Waals surface area contributed by atoms with Crippen LogP contribution < -0.4 is 5.32 Å². The zero-order valence-corrected chi connectivity index (χ0v) is 12.5. The zero-order chi connectivity index (χ0) is 14.5. The van der Waals surface area contributed by atoms with Crippen LogP contribution in [-0.2, 0) is 4.79 Å². The van der Waals surface area contributed by atoms with Gasteiger partial charge >= 0.3 is 6.03 Å². The van der Waals surface area contributed by atoms with Crippen molar-refractivity contribution in [2.75, 3.05) is 73.0 Å². The average molecular weight is 283 g/mol. The van der Waals surface area contributed by atoms with Crippen molar-refractivity contribution in [2.45, 2.75) is 0 Å². The molecule has 2 fully saturated rings. The van der Waals surface area contributed by atoms with Gasteiger partial charge < -0.3 is 20.0 Å². The first kappa shape index (κ1) is 15.1. The Morgan fingerprint density at radius 2 is 1.50 bits per heavy atom. The van der Waals surface area contributed by atoms with E-state index in [0.717, 1.165) is 26.2 Å². The summed E-state index contributed by atoms with van der Waals surface area (Å²) in [6, 6.07) is 0.0270. The average Bonchev–Trinajstić information content (AvgIpc) is 2.47. The van der Waals surface area contributed by atoms with Crippen molar-refractivity contribution in [3.63, 3.8) is 0 Å². The number of urea groups is 1. The van der Waals surface area contributed by atoms with Gasteiger partial charge in [0.2, 0.25) is 5.91 Å². The standard InChI is InChI=1S/C13H25N5O2/c1-15(2)13(20)18-9-7-17(8-10-18)12(19)11-16-5-3-14-4-6-16/h14H,3-11H2,1-2H3. The Labute approximate surface area is 120 Å². The molecule has 0 aliphatic carbocycles. The molecule has 0 unspecified atom stereocenters. The Morgan fingerprint density at radius 1 is 0.950 bits per heavy atom. The van der Waals surface area contributed by atoms with Crippen molar-refractivity contribution in [2.24, 2.45) is 0 Å². The summed E-state index contributed by atoms with van der Waals surface area (Å²) in [4.78, 5) is 31.5. The summed E-state index contributed by atoms with van der Waals surface area (Å²) in [6.07, 6.45) is 0. The van der Waals surface area contributed by atoms with E-state index in [1.807, 2.05) is 4.90 Å². The predicted octanol–water partition coefficient (Wildman–Crippen LogP) is -1.28. The van der Waals surface area contributed by atoms with Crippen LogP contribution in [0, 0.1) is 0 Å². The zero-order valence-electron chi connectivity index (χ0n) is 12.5. The van der Waals surface area contributed by atoms with E-state index >= 15 is 0 Å². The number of amides is 3. The molecule has 0 radical (unpaired) electrons. The van der Waals surface area contributed by atoms with Gasteiger partial charge in [0.25, 0.3) is 0 Å². The van der Waals surface area contributed by atoms with Crippen LogP contribution in [0.3, 0.4) is 0 Å². The lowest BCUT2D eigenvalue weighted by Gasteiger charge is -2.37. The van der Waals surface area contributed by atoms with Crippen molar-refractivity contribution < 1.29 is 9.59 Å². The van der Waals surface area contributed by atoms with Crippen LogP contribution in [0.4, 0.5) is 4.79 Å². The number of rotatable bonds is 2. The Balaban J connectivity index is 1.75. The first-order chi connectivity index (χ1) is 9.58. The van der Waals surface area contributed by atoms with E-state index in [0.29, 0.717) is 32.7 Å². The molecule has 3 amide bonds. The highest BCUT2D eigenvalue weighted by Gasteiger charge is 2.26. The maximum atomic E-state index is 12.2. The third kappa shape index (κ3) is 3.83. The topological polar surface area (TPSA) is 59.1 Å². The second kappa shape index (κ2) is 6.90. The highest BCUT2D eigenvalue weighted by Crippen LogP contribution is 2.05. The van der Waals surface area contributed by atoms with Gasteiger partial charge in [-0.2, -0.15) is 0 Å². The molecule has 0 aromatic carbocycles.